The molecule has 0 saturated carbocycles. The van der Waals surface area contributed by atoms with E-state index in [1.54, 1.807) is 0 Å². The Kier molecular flexibility index (Phi) is 3.98. The van der Waals surface area contributed by atoms with Gasteiger partial charge in [-0.1, -0.05) is 0 Å². The van der Waals surface area contributed by atoms with Gasteiger partial charge in [0.25, 0.3) is 0 Å². The first-order chi connectivity index (χ1) is 5.37. The highest BCUT2D eigenvalue weighted by Gasteiger charge is 2.09. The zero-order chi connectivity index (χ0) is 9.78. The summed E-state index contributed by atoms with van der Waals surface area (Å²) in [6.07, 6.45) is 1.11. The summed E-state index contributed by atoms with van der Waals surface area (Å²) in [6, 6.07) is -0.501. The lowest BCUT2D eigenvalue weighted by Crippen LogP contribution is -2.42. The zero-order valence-electron chi connectivity index (χ0n) is 7.07. The summed E-state index contributed by atoms with van der Waals surface area (Å²) < 4.78 is 21.3. The Hall–Kier alpha value is -0.820. The summed E-state index contributed by atoms with van der Waals surface area (Å²) in [6.45, 7) is 0.141. The normalized spacial score (nSPS) is 10.9. The molecule has 0 unspecified atom stereocenters. The van der Waals surface area contributed by atoms with Crippen molar-refractivity contribution in [3.8, 4) is 0 Å². The molecule has 6 nitrogen and oxygen atoms in total. The second kappa shape index (κ2) is 4.27. The highest BCUT2D eigenvalue weighted by Crippen LogP contribution is 1.87. The van der Waals surface area contributed by atoms with Crippen LogP contribution in [0.15, 0.2) is 0 Å². The molecule has 7 heteroatoms. The van der Waals surface area contributed by atoms with Crippen molar-refractivity contribution in [2.24, 2.45) is 5.84 Å². The lowest BCUT2D eigenvalue weighted by atomic mass is 10.6. The summed E-state index contributed by atoms with van der Waals surface area (Å²) >= 11 is 0. The number of hydrogen-bond donors (Lipinski definition) is 2. The van der Waals surface area contributed by atoms with E-state index in [-0.39, 0.29) is 12.3 Å². The molecular weight excluding hydrogens is 182 g/mol. The predicted molar refractivity (Wildman–Crippen MR) is 45.1 cm³/mol. The van der Waals surface area contributed by atoms with Gasteiger partial charge < -0.3 is 4.90 Å². The minimum atomic E-state index is -3.02. The number of amides is 2. The van der Waals surface area contributed by atoms with E-state index in [1.165, 1.54) is 11.9 Å². The van der Waals surface area contributed by atoms with E-state index in [9.17, 15) is 13.2 Å². The molecule has 0 atom stereocenters. The Morgan fingerprint density at radius 2 is 2.08 bits per heavy atom. The van der Waals surface area contributed by atoms with Crippen molar-refractivity contribution in [2.45, 2.75) is 0 Å². The third-order valence-corrected chi connectivity index (χ3v) is 2.19. The molecular formula is C5H13N3O3S. The zero-order valence-corrected chi connectivity index (χ0v) is 7.89. The molecule has 0 fully saturated rings. The molecule has 72 valence electrons. The van der Waals surface area contributed by atoms with Crippen molar-refractivity contribution in [2.75, 3.05) is 25.6 Å². The fourth-order valence-corrected chi connectivity index (χ4v) is 1.12. The minimum Gasteiger partial charge on any atom is -0.326 e. The van der Waals surface area contributed by atoms with E-state index < -0.39 is 15.9 Å². The number of rotatable bonds is 3. The molecule has 0 aromatic heterocycles. The van der Waals surface area contributed by atoms with Crippen LogP contribution in [0.1, 0.15) is 0 Å². The van der Waals surface area contributed by atoms with Gasteiger partial charge in [-0.15, -0.1) is 0 Å². The lowest BCUT2D eigenvalue weighted by Gasteiger charge is -2.14. The van der Waals surface area contributed by atoms with Crippen LogP contribution >= 0.6 is 0 Å². The number of hydrazine groups is 1. The highest BCUT2D eigenvalue weighted by atomic mass is 32.2. The van der Waals surface area contributed by atoms with Gasteiger partial charge in [0.2, 0.25) is 0 Å². The second-order valence-electron chi connectivity index (χ2n) is 2.50. The molecule has 3 N–H and O–H groups in total. The Labute approximate surface area is 71.6 Å². The third-order valence-electron chi connectivity index (χ3n) is 1.27. The third kappa shape index (κ3) is 4.91. The monoisotopic (exact) mass is 195 g/mol. The van der Waals surface area contributed by atoms with Crippen molar-refractivity contribution in [1.82, 2.24) is 10.3 Å². The largest absolute Gasteiger partial charge is 0.331 e. The van der Waals surface area contributed by atoms with E-state index in [2.05, 4.69) is 0 Å². The van der Waals surface area contributed by atoms with Crippen LogP contribution in [0.5, 0.6) is 0 Å². The molecule has 0 aliphatic heterocycles. The van der Waals surface area contributed by atoms with Crippen LogP contribution in [-0.2, 0) is 9.84 Å². The van der Waals surface area contributed by atoms with Crippen LogP contribution in [0.3, 0.4) is 0 Å². The van der Waals surface area contributed by atoms with Gasteiger partial charge >= 0.3 is 6.03 Å². The topological polar surface area (TPSA) is 92.5 Å². The average Bonchev–Trinajstić information content (AvgIpc) is 1.97. The van der Waals surface area contributed by atoms with E-state index in [1.807, 2.05) is 5.43 Å². The molecule has 0 aromatic rings. The van der Waals surface area contributed by atoms with E-state index in [0.717, 1.165) is 6.26 Å². The first-order valence-electron chi connectivity index (χ1n) is 3.26. The van der Waals surface area contributed by atoms with Gasteiger partial charge in [-0.3, -0.25) is 5.43 Å². The van der Waals surface area contributed by atoms with Crippen LogP contribution < -0.4 is 11.3 Å². The molecule has 0 aliphatic rings. The van der Waals surface area contributed by atoms with Gasteiger partial charge in [-0.2, -0.15) is 0 Å². The second-order valence-corrected chi connectivity index (χ2v) is 4.76. The SMILES string of the molecule is CN(CCS(C)(=O)=O)C(=O)NN. The van der Waals surface area contributed by atoms with Crippen molar-refractivity contribution >= 4 is 15.9 Å². The van der Waals surface area contributed by atoms with Crippen LogP contribution in [0.25, 0.3) is 0 Å². The Bertz CT molecular complexity index is 249. The number of nitrogens with one attached hydrogen (secondary N) is 1. The smallest absolute Gasteiger partial charge is 0.326 e. The summed E-state index contributed by atoms with van der Waals surface area (Å²) in [5.41, 5.74) is 1.89. The van der Waals surface area contributed by atoms with Gasteiger partial charge in [0.15, 0.2) is 0 Å². The Morgan fingerprint density at radius 1 is 1.58 bits per heavy atom. The Morgan fingerprint density at radius 3 is 2.42 bits per heavy atom. The average molecular weight is 195 g/mol. The summed E-state index contributed by atoms with van der Waals surface area (Å²) in [5.74, 6) is 4.76. The summed E-state index contributed by atoms with van der Waals surface area (Å²) in [7, 11) is -1.56. The number of carbonyl (C=O) groups is 1. The molecule has 0 bridgehead atoms. The standard InChI is InChI=1S/C5H13N3O3S/c1-8(5(9)7-6)3-4-12(2,10)11/h3-4,6H2,1-2H3,(H,7,9). The molecule has 0 radical (unpaired) electrons. The number of hydrogen-bond acceptors (Lipinski definition) is 4. The number of nitrogens with two attached hydrogens (primary N) is 1. The first kappa shape index (κ1) is 11.2. The molecule has 2 amide bonds. The van der Waals surface area contributed by atoms with Gasteiger partial charge in [0.05, 0.1) is 5.75 Å². The predicted octanol–water partition coefficient (Wildman–Crippen LogP) is -1.45. The number of nitrogens with zero attached hydrogens (tertiary/aromatic N) is 1. The first-order valence-corrected chi connectivity index (χ1v) is 5.32. The number of carbonyl (C=O) groups excluding carboxylic acids is 1. The van der Waals surface area contributed by atoms with E-state index in [0.29, 0.717) is 0 Å². The highest BCUT2D eigenvalue weighted by molar-refractivity contribution is 7.90. The van der Waals surface area contributed by atoms with Crippen molar-refractivity contribution < 1.29 is 13.2 Å². The maximum Gasteiger partial charge on any atom is 0.331 e. The van der Waals surface area contributed by atoms with Crippen LogP contribution in [-0.4, -0.2) is 44.9 Å². The van der Waals surface area contributed by atoms with Gasteiger partial charge in [0.1, 0.15) is 9.84 Å². The fourth-order valence-electron chi connectivity index (χ4n) is 0.514. The van der Waals surface area contributed by atoms with E-state index in [4.69, 9.17) is 5.84 Å². The maximum absolute atomic E-state index is 10.7. The summed E-state index contributed by atoms with van der Waals surface area (Å²) in [5, 5.41) is 0. The van der Waals surface area contributed by atoms with Crippen molar-refractivity contribution in [1.29, 1.82) is 0 Å². The van der Waals surface area contributed by atoms with Gasteiger partial charge in [0, 0.05) is 19.8 Å². The molecule has 0 aliphatic carbocycles. The summed E-state index contributed by atoms with van der Waals surface area (Å²) in [4.78, 5) is 11.9. The molecule has 12 heavy (non-hydrogen) atoms. The van der Waals surface area contributed by atoms with Gasteiger partial charge in [-0.25, -0.2) is 19.1 Å². The minimum absolute atomic E-state index is 0.0586. The fraction of sp³-hybridized carbons (Fsp3) is 0.800. The molecule has 0 aromatic carbocycles. The number of urea groups is 1. The van der Waals surface area contributed by atoms with Crippen LogP contribution in [0.2, 0.25) is 0 Å². The van der Waals surface area contributed by atoms with Crippen LogP contribution in [0.4, 0.5) is 4.79 Å². The lowest BCUT2D eigenvalue weighted by molar-refractivity contribution is 0.211. The molecule has 0 spiro atoms. The quantitative estimate of drug-likeness (QED) is 0.327. The van der Waals surface area contributed by atoms with Crippen molar-refractivity contribution in [3.05, 3.63) is 0 Å². The van der Waals surface area contributed by atoms with Gasteiger partial charge in [-0.05, 0) is 0 Å². The molecule has 0 saturated heterocycles. The number of sulfone groups is 1. The maximum atomic E-state index is 10.7. The van der Waals surface area contributed by atoms with E-state index >= 15 is 0 Å². The van der Waals surface area contributed by atoms with Crippen LogP contribution in [0, 0.1) is 0 Å². The molecule has 0 rings (SSSR count). The molecule has 0 heterocycles. The Balaban J connectivity index is 3.88. The van der Waals surface area contributed by atoms with Crippen molar-refractivity contribution in [3.63, 3.8) is 0 Å².